The summed E-state index contributed by atoms with van der Waals surface area (Å²) in [7, 11) is 0. The fraction of sp³-hybridized carbons (Fsp3) is 0.389. The standard InChI is InChI=1S/C18H22N2O5/c1-10-7-15(21)24-14-8-11(5-6-12(10)14)20-17(23)13(19)9-16(22)25-18(2,3)4/h5-8,13H,9,19H2,1-4H3,(H,20,23)/t13-/m0/s1. The van der Waals surface area contributed by atoms with Gasteiger partial charge in [0.15, 0.2) is 0 Å². The van der Waals surface area contributed by atoms with E-state index >= 15 is 0 Å². The van der Waals surface area contributed by atoms with Gasteiger partial charge in [-0.05, 0) is 45.4 Å². The summed E-state index contributed by atoms with van der Waals surface area (Å²) in [5, 5.41) is 3.38. The van der Waals surface area contributed by atoms with Gasteiger partial charge >= 0.3 is 11.6 Å². The molecular weight excluding hydrogens is 324 g/mol. The van der Waals surface area contributed by atoms with Crippen molar-refractivity contribution in [3.05, 3.63) is 40.2 Å². The predicted molar refractivity (Wildman–Crippen MR) is 94.3 cm³/mol. The van der Waals surface area contributed by atoms with Crippen molar-refractivity contribution in [1.82, 2.24) is 0 Å². The smallest absolute Gasteiger partial charge is 0.336 e. The maximum atomic E-state index is 12.1. The highest BCUT2D eigenvalue weighted by atomic mass is 16.6. The molecule has 1 heterocycles. The second kappa shape index (κ2) is 7.06. The number of carbonyl (C=O) groups is 2. The summed E-state index contributed by atoms with van der Waals surface area (Å²) in [4.78, 5) is 35.3. The zero-order chi connectivity index (χ0) is 18.8. The van der Waals surface area contributed by atoms with E-state index in [9.17, 15) is 14.4 Å². The zero-order valence-electron chi connectivity index (χ0n) is 14.7. The maximum absolute atomic E-state index is 12.1. The highest BCUT2D eigenvalue weighted by molar-refractivity contribution is 5.98. The number of nitrogens with two attached hydrogens (primary N) is 1. The number of esters is 1. The molecule has 3 N–H and O–H groups in total. The highest BCUT2D eigenvalue weighted by Gasteiger charge is 2.22. The van der Waals surface area contributed by atoms with Crippen LogP contribution in [-0.4, -0.2) is 23.5 Å². The number of hydrogen-bond donors (Lipinski definition) is 2. The Hall–Kier alpha value is -2.67. The lowest BCUT2D eigenvalue weighted by molar-refractivity contribution is -0.155. The predicted octanol–water partition coefficient (Wildman–Crippen LogP) is 2.10. The molecule has 0 spiro atoms. The number of rotatable bonds is 4. The summed E-state index contributed by atoms with van der Waals surface area (Å²) in [6.45, 7) is 7.01. The van der Waals surface area contributed by atoms with Crippen LogP contribution in [0.3, 0.4) is 0 Å². The van der Waals surface area contributed by atoms with E-state index in [-0.39, 0.29) is 6.42 Å². The van der Waals surface area contributed by atoms with Crippen LogP contribution in [0.1, 0.15) is 32.8 Å². The summed E-state index contributed by atoms with van der Waals surface area (Å²) in [5.74, 6) is -1.07. The van der Waals surface area contributed by atoms with Crippen LogP contribution < -0.4 is 16.7 Å². The van der Waals surface area contributed by atoms with Crippen molar-refractivity contribution in [1.29, 1.82) is 0 Å². The van der Waals surface area contributed by atoms with Crippen molar-refractivity contribution in [3.8, 4) is 0 Å². The molecule has 1 aromatic carbocycles. The Morgan fingerprint density at radius 2 is 1.96 bits per heavy atom. The van der Waals surface area contributed by atoms with Crippen molar-refractivity contribution in [3.63, 3.8) is 0 Å². The molecule has 0 aliphatic carbocycles. The van der Waals surface area contributed by atoms with E-state index in [0.717, 1.165) is 10.9 Å². The molecule has 0 radical (unpaired) electrons. The third-order valence-corrected chi connectivity index (χ3v) is 3.36. The van der Waals surface area contributed by atoms with Gasteiger partial charge < -0.3 is 20.2 Å². The molecular formula is C18H22N2O5. The molecule has 0 saturated heterocycles. The average molecular weight is 346 g/mol. The van der Waals surface area contributed by atoms with Crippen LogP contribution in [0.2, 0.25) is 0 Å². The van der Waals surface area contributed by atoms with E-state index in [1.54, 1.807) is 45.9 Å². The van der Waals surface area contributed by atoms with Crippen molar-refractivity contribution in [2.75, 3.05) is 5.32 Å². The molecule has 0 fully saturated rings. The number of hydrogen-bond acceptors (Lipinski definition) is 6. The lowest BCUT2D eigenvalue weighted by atomic mass is 10.1. The Labute approximate surface area is 145 Å². The van der Waals surface area contributed by atoms with Crippen LogP contribution in [0.25, 0.3) is 11.0 Å². The summed E-state index contributed by atoms with van der Waals surface area (Å²) in [6, 6.07) is 5.31. The van der Waals surface area contributed by atoms with E-state index in [2.05, 4.69) is 5.32 Å². The first-order chi connectivity index (χ1) is 11.5. The molecule has 25 heavy (non-hydrogen) atoms. The topological polar surface area (TPSA) is 112 Å². The molecule has 134 valence electrons. The molecule has 0 saturated carbocycles. The molecule has 0 aliphatic heterocycles. The number of carbonyl (C=O) groups excluding carboxylic acids is 2. The van der Waals surface area contributed by atoms with Gasteiger partial charge in [0.1, 0.15) is 11.2 Å². The Morgan fingerprint density at radius 1 is 1.28 bits per heavy atom. The second-order valence-corrected chi connectivity index (χ2v) is 6.85. The maximum Gasteiger partial charge on any atom is 0.336 e. The molecule has 2 rings (SSSR count). The average Bonchev–Trinajstić information content (AvgIpc) is 2.44. The van der Waals surface area contributed by atoms with E-state index in [1.807, 2.05) is 0 Å². The van der Waals surface area contributed by atoms with Crippen molar-refractivity contribution >= 4 is 28.5 Å². The first kappa shape index (κ1) is 18.7. The molecule has 0 aliphatic rings. The van der Waals surface area contributed by atoms with Crippen LogP contribution in [0.15, 0.2) is 33.5 Å². The van der Waals surface area contributed by atoms with E-state index < -0.39 is 29.1 Å². The van der Waals surface area contributed by atoms with Gasteiger partial charge in [0.05, 0.1) is 12.5 Å². The summed E-state index contributed by atoms with van der Waals surface area (Å²) in [5.41, 5.74) is 6.23. The molecule has 2 aromatic rings. The fourth-order valence-electron chi connectivity index (χ4n) is 2.29. The third-order valence-electron chi connectivity index (χ3n) is 3.36. The molecule has 1 aromatic heterocycles. The number of aryl methyl sites for hydroxylation is 1. The number of amides is 1. The summed E-state index contributed by atoms with van der Waals surface area (Å²) >= 11 is 0. The Bertz CT molecular complexity index is 864. The minimum absolute atomic E-state index is 0.231. The Morgan fingerprint density at radius 3 is 2.60 bits per heavy atom. The highest BCUT2D eigenvalue weighted by Crippen LogP contribution is 2.21. The minimum Gasteiger partial charge on any atom is -0.460 e. The van der Waals surface area contributed by atoms with E-state index in [1.165, 1.54) is 6.07 Å². The molecule has 0 bridgehead atoms. The summed E-state index contributed by atoms with van der Waals surface area (Å²) in [6.07, 6.45) is -0.231. The zero-order valence-corrected chi connectivity index (χ0v) is 14.7. The van der Waals surface area contributed by atoms with Gasteiger partial charge in [0.2, 0.25) is 5.91 Å². The molecule has 0 unspecified atom stereocenters. The minimum atomic E-state index is -1.05. The third kappa shape index (κ3) is 5.15. The Kier molecular flexibility index (Phi) is 5.27. The van der Waals surface area contributed by atoms with Crippen LogP contribution in [0, 0.1) is 6.92 Å². The van der Waals surface area contributed by atoms with Gasteiger partial charge in [-0.15, -0.1) is 0 Å². The number of fused-ring (bicyclic) bond motifs is 1. The molecule has 1 atom stereocenters. The number of nitrogens with one attached hydrogen (secondary N) is 1. The molecule has 7 nitrogen and oxygen atoms in total. The normalized spacial score (nSPS) is 12.7. The first-order valence-corrected chi connectivity index (χ1v) is 7.88. The van der Waals surface area contributed by atoms with Gasteiger partial charge in [-0.1, -0.05) is 0 Å². The van der Waals surface area contributed by atoms with Crippen LogP contribution in [0.5, 0.6) is 0 Å². The monoisotopic (exact) mass is 346 g/mol. The van der Waals surface area contributed by atoms with Crippen LogP contribution >= 0.6 is 0 Å². The van der Waals surface area contributed by atoms with Crippen molar-refractivity contribution in [2.45, 2.75) is 45.8 Å². The largest absolute Gasteiger partial charge is 0.460 e. The van der Waals surface area contributed by atoms with Crippen LogP contribution in [0.4, 0.5) is 5.69 Å². The van der Waals surface area contributed by atoms with Gasteiger partial charge in [-0.2, -0.15) is 0 Å². The number of anilines is 1. The number of benzene rings is 1. The van der Waals surface area contributed by atoms with Gasteiger partial charge in [-0.3, -0.25) is 9.59 Å². The SMILES string of the molecule is Cc1cc(=O)oc2cc(NC(=O)[C@@H](N)CC(=O)OC(C)(C)C)ccc12. The first-order valence-electron chi connectivity index (χ1n) is 7.88. The lowest BCUT2D eigenvalue weighted by Gasteiger charge is -2.20. The van der Waals surface area contributed by atoms with Gasteiger partial charge in [0.25, 0.3) is 0 Å². The molecule has 7 heteroatoms. The quantitative estimate of drug-likeness (QED) is 0.648. The second-order valence-electron chi connectivity index (χ2n) is 6.85. The number of ether oxygens (including phenoxy) is 1. The van der Waals surface area contributed by atoms with E-state index in [0.29, 0.717) is 11.3 Å². The van der Waals surface area contributed by atoms with Gasteiger partial charge in [-0.25, -0.2) is 4.79 Å². The fourth-order valence-corrected chi connectivity index (χ4v) is 2.29. The van der Waals surface area contributed by atoms with Crippen LogP contribution in [-0.2, 0) is 14.3 Å². The van der Waals surface area contributed by atoms with Gasteiger partial charge in [0, 0.05) is 23.2 Å². The lowest BCUT2D eigenvalue weighted by Crippen LogP contribution is -2.39. The van der Waals surface area contributed by atoms with E-state index in [4.69, 9.17) is 14.9 Å². The van der Waals surface area contributed by atoms with Crippen molar-refractivity contribution in [2.24, 2.45) is 5.73 Å². The van der Waals surface area contributed by atoms with Crippen molar-refractivity contribution < 1.29 is 18.7 Å². The molecule has 1 amide bonds. The Balaban J connectivity index is 2.08. The summed E-state index contributed by atoms with van der Waals surface area (Å²) < 4.78 is 10.3.